The van der Waals surface area contributed by atoms with Crippen molar-refractivity contribution in [3.05, 3.63) is 0 Å². The van der Waals surface area contributed by atoms with E-state index in [1.54, 1.807) is 7.05 Å². The van der Waals surface area contributed by atoms with E-state index in [-0.39, 0.29) is 13.2 Å². The number of aliphatic hydroxyl groups excluding tert-OH is 4. The van der Waals surface area contributed by atoms with Gasteiger partial charge in [-0.05, 0) is 0 Å². The lowest BCUT2D eigenvalue weighted by atomic mass is 9.99. The molecule has 8 nitrogen and oxygen atoms in total. The first-order chi connectivity index (χ1) is 8.11. The molecule has 0 aliphatic carbocycles. The Kier molecular flexibility index (Phi) is 6.23. The van der Waals surface area contributed by atoms with E-state index in [1.165, 1.54) is 0 Å². The van der Waals surface area contributed by atoms with E-state index in [0.717, 1.165) is 0 Å². The average molecular weight is 253 g/mol. The summed E-state index contributed by atoms with van der Waals surface area (Å²) in [6.45, 7) is -0.118. The van der Waals surface area contributed by atoms with Crippen molar-refractivity contribution in [2.24, 2.45) is 0 Å². The lowest BCUT2D eigenvalue weighted by Crippen LogP contribution is -2.59. The maximum absolute atomic E-state index is 9.58. The van der Waals surface area contributed by atoms with Crippen LogP contribution in [0.4, 0.5) is 0 Å². The molecule has 2 unspecified atom stereocenters. The summed E-state index contributed by atoms with van der Waals surface area (Å²) in [5.74, 6) is 0. The molecule has 0 amide bonds. The maximum atomic E-state index is 9.58. The molecule has 0 aromatic carbocycles. The maximum Gasteiger partial charge on any atom is 0.186 e. The van der Waals surface area contributed by atoms with Gasteiger partial charge in [0, 0.05) is 7.05 Å². The second-order valence-electron chi connectivity index (χ2n) is 3.62. The zero-order valence-electron chi connectivity index (χ0n) is 9.52. The highest BCUT2D eigenvalue weighted by Gasteiger charge is 2.43. The largest absolute Gasteiger partial charge is 0.394 e. The summed E-state index contributed by atoms with van der Waals surface area (Å²) in [5, 5.41) is 37.5. The van der Waals surface area contributed by atoms with Crippen molar-refractivity contribution in [1.29, 1.82) is 0 Å². The first-order valence-electron chi connectivity index (χ1n) is 5.32. The monoisotopic (exact) mass is 253 g/mol. The normalized spacial score (nSPS) is 38.3. The molecule has 1 saturated heterocycles. The highest BCUT2D eigenvalue weighted by atomic mass is 16.7. The molecule has 1 aliphatic heterocycles. The first-order valence-corrected chi connectivity index (χ1v) is 5.32. The Bertz CT molecular complexity index is 216. The third-order valence-electron chi connectivity index (χ3n) is 2.46. The van der Waals surface area contributed by atoms with Gasteiger partial charge in [-0.1, -0.05) is 0 Å². The fraction of sp³-hybridized carbons (Fsp3) is 1.00. The van der Waals surface area contributed by atoms with Crippen molar-refractivity contribution in [1.82, 2.24) is 5.48 Å². The summed E-state index contributed by atoms with van der Waals surface area (Å²) >= 11 is 0. The summed E-state index contributed by atoms with van der Waals surface area (Å²) in [5.41, 5.74) is 2.44. The third kappa shape index (κ3) is 3.83. The zero-order chi connectivity index (χ0) is 12.8. The van der Waals surface area contributed by atoms with E-state index in [0.29, 0.717) is 0 Å². The van der Waals surface area contributed by atoms with Gasteiger partial charge in [-0.3, -0.25) is 4.84 Å². The van der Waals surface area contributed by atoms with Crippen molar-refractivity contribution >= 4 is 0 Å². The lowest BCUT2D eigenvalue weighted by molar-refractivity contribution is -0.303. The first kappa shape index (κ1) is 14.7. The predicted octanol–water partition coefficient (Wildman–Crippen LogP) is -3.05. The van der Waals surface area contributed by atoms with Crippen LogP contribution < -0.4 is 5.48 Å². The van der Waals surface area contributed by atoms with Crippen LogP contribution in [0.25, 0.3) is 0 Å². The Morgan fingerprint density at radius 2 is 1.82 bits per heavy atom. The van der Waals surface area contributed by atoms with Gasteiger partial charge in [0.15, 0.2) is 6.29 Å². The second kappa shape index (κ2) is 7.19. The molecule has 102 valence electrons. The van der Waals surface area contributed by atoms with Gasteiger partial charge in [0.25, 0.3) is 0 Å². The minimum Gasteiger partial charge on any atom is -0.394 e. The minimum atomic E-state index is -1.42. The molecule has 8 heteroatoms. The molecule has 1 fully saturated rings. The van der Waals surface area contributed by atoms with Gasteiger partial charge in [-0.15, -0.1) is 0 Å². The summed E-state index contributed by atoms with van der Waals surface area (Å²) in [6, 6.07) is 0. The number of aliphatic hydroxyl groups is 4. The number of hydrogen-bond donors (Lipinski definition) is 5. The molecule has 17 heavy (non-hydrogen) atoms. The quantitative estimate of drug-likeness (QED) is 0.250. The molecular weight excluding hydrogens is 234 g/mol. The molecule has 0 radical (unpaired) electrons. The van der Waals surface area contributed by atoms with E-state index in [1.807, 2.05) is 0 Å². The molecule has 1 heterocycles. The number of hydroxylamine groups is 1. The van der Waals surface area contributed by atoms with Crippen LogP contribution in [0.1, 0.15) is 0 Å². The van der Waals surface area contributed by atoms with Crippen LogP contribution in [0.2, 0.25) is 0 Å². The van der Waals surface area contributed by atoms with E-state index >= 15 is 0 Å². The van der Waals surface area contributed by atoms with Crippen molar-refractivity contribution in [2.75, 3.05) is 26.9 Å². The van der Waals surface area contributed by atoms with Gasteiger partial charge in [-0.2, -0.15) is 0 Å². The van der Waals surface area contributed by atoms with E-state index in [9.17, 15) is 15.3 Å². The molecule has 0 saturated carbocycles. The zero-order valence-corrected chi connectivity index (χ0v) is 9.52. The van der Waals surface area contributed by atoms with Crippen LogP contribution in [0, 0.1) is 0 Å². The molecule has 1 aliphatic rings. The predicted molar refractivity (Wildman–Crippen MR) is 54.7 cm³/mol. The van der Waals surface area contributed by atoms with E-state index in [2.05, 4.69) is 5.48 Å². The highest BCUT2D eigenvalue weighted by molar-refractivity contribution is 4.88. The standard InChI is InChI=1S/C9H19NO7/c1-10-16-3-2-15-9-8(14)7(13)6(12)5(4-11)17-9/h5-14H,2-4H2,1H3/t5?,6-,7+,8+,9?/m1/s1. The van der Waals surface area contributed by atoms with Gasteiger partial charge in [0.05, 0.1) is 19.8 Å². The highest BCUT2D eigenvalue weighted by Crippen LogP contribution is 2.21. The van der Waals surface area contributed by atoms with Crippen LogP contribution in [0.5, 0.6) is 0 Å². The minimum absolute atomic E-state index is 0.129. The molecule has 5 atom stereocenters. The van der Waals surface area contributed by atoms with Gasteiger partial charge in [0.2, 0.25) is 0 Å². The summed E-state index contributed by atoms with van der Waals surface area (Å²) in [7, 11) is 1.59. The smallest absolute Gasteiger partial charge is 0.186 e. The molecule has 1 rings (SSSR count). The summed E-state index contributed by atoms with van der Waals surface area (Å²) in [6.07, 6.45) is -6.23. The number of ether oxygens (including phenoxy) is 2. The van der Waals surface area contributed by atoms with E-state index < -0.39 is 37.3 Å². The number of rotatable bonds is 6. The fourth-order valence-electron chi connectivity index (χ4n) is 1.51. The van der Waals surface area contributed by atoms with Crippen molar-refractivity contribution in [3.63, 3.8) is 0 Å². The van der Waals surface area contributed by atoms with E-state index in [4.69, 9.17) is 19.4 Å². The number of nitrogens with one attached hydrogen (secondary N) is 1. The Balaban J connectivity index is 2.42. The molecule has 0 spiro atoms. The Hall–Kier alpha value is -0.320. The molecule has 0 aromatic heterocycles. The lowest BCUT2D eigenvalue weighted by Gasteiger charge is -2.39. The van der Waals surface area contributed by atoms with Crippen molar-refractivity contribution < 1.29 is 34.7 Å². The molecule has 5 N–H and O–H groups in total. The van der Waals surface area contributed by atoms with Crippen molar-refractivity contribution in [3.8, 4) is 0 Å². The fourth-order valence-corrected chi connectivity index (χ4v) is 1.51. The Morgan fingerprint density at radius 3 is 2.41 bits per heavy atom. The second-order valence-corrected chi connectivity index (χ2v) is 3.62. The molecule has 0 bridgehead atoms. The Labute approximate surface area is 98.7 Å². The van der Waals surface area contributed by atoms with Crippen LogP contribution >= 0.6 is 0 Å². The average Bonchev–Trinajstić information content (AvgIpc) is 2.34. The third-order valence-corrected chi connectivity index (χ3v) is 2.46. The van der Waals surface area contributed by atoms with Gasteiger partial charge in [0.1, 0.15) is 24.4 Å². The van der Waals surface area contributed by atoms with Crippen LogP contribution in [-0.4, -0.2) is 78.0 Å². The van der Waals surface area contributed by atoms with Crippen LogP contribution in [0.3, 0.4) is 0 Å². The van der Waals surface area contributed by atoms with Crippen LogP contribution in [0.15, 0.2) is 0 Å². The summed E-state index contributed by atoms with van der Waals surface area (Å²) < 4.78 is 10.2. The number of hydrogen-bond acceptors (Lipinski definition) is 8. The van der Waals surface area contributed by atoms with Crippen LogP contribution in [-0.2, 0) is 14.3 Å². The summed E-state index contributed by atoms with van der Waals surface area (Å²) in [4.78, 5) is 4.79. The topological polar surface area (TPSA) is 121 Å². The van der Waals surface area contributed by atoms with Gasteiger partial charge in [-0.25, -0.2) is 5.48 Å². The molecular formula is C9H19NO7. The molecule has 0 aromatic rings. The van der Waals surface area contributed by atoms with Gasteiger partial charge >= 0.3 is 0 Å². The SMILES string of the molecule is CNOCCOC1OC(CO)[C@@H](O)[C@H](O)[C@@H]1O. The van der Waals surface area contributed by atoms with Crippen molar-refractivity contribution in [2.45, 2.75) is 30.7 Å². The Morgan fingerprint density at radius 1 is 1.12 bits per heavy atom. The van der Waals surface area contributed by atoms with Gasteiger partial charge < -0.3 is 29.9 Å².